The van der Waals surface area contributed by atoms with Crippen molar-refractivity contribution in [2.45, 2.75) is 25.7 Å². The summed E-state index contributed by atoms with van der Waals surface area (Å²) in [5.41, 5.74) is 0. The van der Waals surface area contributed by atoms with Gasteiger partial charge in [0.1, 0.15) is 0 Å². The van der Waals surface area contributed by atoms with Crippen LogP contribution in [0, 0.1) is 11.8 Å². The number of ether oxygens (including phenoxy) is 2. The third-order valence-corrected chi connectivity index (χ3v) is 2.70. The zero-order valence-electron chi connectivity index (χ0n) is 8.21. The van der Waals surface area contributed by atoms with Gasteiger partial charge in [0, 0.05) is 27.4 Å². The first-order valence-electron chi connectivity index (χ1n) is 4.84. The highest BCUT2D eigenvalue weighted by Gasteiger charge is 2.21. The molecule has 0 heterocycles. The third-order valence-electron chi connectivity index (χ3n) is 2.70. The maximum atomic E-state index is 5.17. The molecule has 2 atom stereocenters. The molecule has 1 saturated carbocycles. The maximum absolute atomic E-state index is 5.17. The third kappa shape index (κ3) is 3.11. The molecule has 0 aliphatic heterocycles. The largest absolute Gasteiger partial charge is 0.384 e. The van der Waals surface area contributed by atoms with Gasteiger partial charge in [0.2, 0.25) is 0 Å². The van der Waals surface area contributed by atoms with Gasteiger partial charge in [-0.05, 0) is 31.1 Å². The molecule has 0 bridgehead atoms. The van der Waals surface area contributed by atoms with Crippen LogP contribution in [0.1, 0.15) is 25.7 Å². The predicted molar refractivity (Wildman–Crippen MR) is 49.2 cm³/mol. The highest BCUT2D eigenvalue weighted by atomic mass is 16.5. The van der Waals surface area contributed by atoms with Crippen molar-refractivity contribution in [3.8, 4) is 0 Å². The fraction of sp³-hybridized carbons (Fsp3) is 1.00. The summed E-state index contributed by atoms with van der Waals surface area (Å²) in [7, 11) is 3.58. The Morgan fingerprint density at radius 2 is 1.50 bits per heavy atom. The molecule has 0 aromatic carbocycles. The van der Waals surface area contributed by atoms with Crippen molar-refractivity contribution in [2.75, 3.05) is 27.4 Å². The van der Waals surface area contributed by atoms with Crippen LogP contribution in [0.3, 0.4) is 0 Å². The van der Waals surface area contributed by atoms with Gasteiger partial charge in [-0.3, -0.25) is 0 Å². The van der Waals surface area contributed by atoms with E-state index in [0.717, 1.165) is 25.0 Å². The van der Waals surface area contributed by atoms with Crippen molar-refractivity contribution in [1.29, 1.82) is 0 Å². The molecule has 0 amide bonds. The fourth-order valence-electron chi connectivity index (χ4n) is 2.18. The molecule has 1 fully saturated rings. The van der Waals surface area contributed by atoms with Crippen molar-refractivity contribution in [1.82, 2.24) is 0 Å². The lowest BCUT2D eigenvalue weighted by atomic mass is 9.82. The van der Waals surface area contributed by atoms with E-state index in [1.54, 1.807) is 14.2 Å². The molecule has 0 radical (unpaired) electrons. The zero-order valence-corrected chi connectivity index (χ0v) is 8.21. The molecule has 0 unspecified atom stereocenters. The lowest BCUT2D eigenvalue weighted by molar-refractivity contribution is 0.0774. The Balaban J connectivity index is 2.20. The molecule has 0 saturated heterocycles. The Hall–Kier alpha value is -0.0800. The van der Waals surface area contributed by atoms with E-state index < -0.39 is 0 Å². The van der Waals surface area contributed by atoms with E-state index in [4.69, 9.17) is 9.47 Å². The normalized spacial score (nSPS) is 30.5. The van der Waals surface area contributed by atoms with Crippen molar-refractivity contribution in [3.05, 3.63) is 0 Å². The summed E-state index contributed by atoms with van der Waals surface area (Å²) in [5, 5.41) is 0. The highest BCUT2D eigenvalue weighted by molar-refractivity contribution is 4.72. The predicted octanol–water partition coefficient (Wildman–Crippen LogP) is 2.09. The van der Waals surface area contributed by atoms with Crippen molar-refractivity contribution >= 4 is 0 Å². The summed E-state index contributed by atoms with van der Waals surface area (Å²) >= 11 is 0. The van der Waals surface area contributed by atoms with E-state index in [1.165, 1.54) is 25.7 Å². The monoisotopic (exact) mass is 172 g/mol. The summed E-state index contributed by atoms with van der Waals surface area (Å²) in [6, 6.07) is 0. The van der Waals surface area contributed by atoms with Crippen LogP contribution in [0.5, 0.6) is 0 Å². The minimum absolute atomic E-state index is 0.781. The molecule has 1 aliphatic carbocycles. The van der Waals surface area contributed by atoms with E-state index in [2.05, 4.69) is 0 Å². The molecule has 2 nitrogen and oxygen atoms in total. The van der Waals surface area contributed by atoms with Crippen LogP contribution in [-0.2, 0) is 9.47 Å². The van der Waals surface area contributed by atoms with Gasteiger partial charge in [0.15, 0.2) is 0 Å². The van der Waals surface area contributed by atoms with Crippen LogP contribution in [0.4, 0.5) is 0 Å². The second-order valence-corrected chi connectivity index (χ2v) is 3.81. The van der Waals surface area contributed by atoms with E-state index in [-0.39, 0.29) is 0 Å². The smallest absolute Gasteiger partial charge is 0.0490 e. The van der Waals surface area contributed by atoms with Gasteiger partial charge in [-0.25, -0.2) is 0 Å². The molecule has 2 heteroatoms. The summed E-state index contributed by atoms with van der Waals surface area (Å²) in [4.78, 5) is 0. The Morgan fingerprint density at radius 1 is 1.00 bits per heavy atom. The van der Waals surface area contributed by atoms with Gasteiger partial charge in [0.25, 0.3) is 0 Å². The first kappa shape index (κ1) is 10.0. The Morgan fingerprint density at radius 3 is 1.92 bits per heavy atom. The maximum Gasteiger partial charge on any atom is 0.0490 e. The summed E-state index contributed by atoms with van der Waals surface area (Å²) in [5.74, 6) is 1.56. The van der Waals surface area contributed by atoms with Crippen LogP contribution >= 0.6 is 0 Å². The zero-order chi connectivity index (χ0) is 8.81. The SMILES string of the molecule is COC[C@H]1CCC[C@@H](COC)C1. The minimum Gasteiger partial charge on any atom is -0.384 e. The van der Waals surface area contributed by atoms with Gasteiger partial charge in [-0.1, -0.05) is 6.42 Å². The van der Waals surface area contributed by atoms with Gasteiger partial charge in [-0.2, -0.15) is 0 Å². The molecule has 1 aliphatic rings. The molecule has 1 rings (SSSR count). The average molecular weight is 172 g/mol. The van der Waals surface area contributed by atoms with Crippen LogP contribution in [0.25, 0.3) is 0 Å². The molecule has 0 aromatic rings. The molecule has 0 aromatic heterocycles. The Kier molecular flexibility index (Phi) is 4.62. The average Bonchev–Trinajstić information content (AvgIpc) is 2.06. The van der Waals surface area contributed by atoms with Gasteiger partial charge < -0.3 is 9.47 Å². The first-order valence-corrected chi connectivity index (χ1v) is 4.84. The molecular formula is C10H20O2. The summed E-state index contributed by atoms with van der Waals surface area (Å²) in [6.07, 6.45) is 5.33. The minimum atomic E-state index is 0.781. The van der Waals surface area contributed by atoms with Crippen LogP contribution in [0.15, 0.2) is 0 Å². The second-order valence-electron chi connectivity index (χ2n) is 3.81. The lowest BCUT2D eigenvalue weighted by Crippen LogP contribution is -2.22. The van der Waals surface area contributed by atoms with Gasteiger partial charge in [-0.15, -0.1) is 0 Å². The number of rotatable bonds is 4. The van der Waals surface area contributed by atoms with Crippen LogP contribution in [0.2, 0.25) is 0 Å². The summed E-state index contributed by atoms with van der Waals surface area (Å²) in [6.45, 7) is 1.86. The van der Waals surface area contributed by atoms with E-state index in [9.17, 15) is 0 Å². The first-order chi connectivity index (χ1) is 5.86. The number of methoxy groups -OCH3 is 2. The Labute approximate surface area is 75.2 Å². The summed E-state index contributed by atoms with van der Waals surface area (Å²) < 4.78 is 10.3. The molecular weight excluding hydrogens is 152 g/mol. The lowest BCUT2D eigenvalue weighted by Gasteiger charge is -2.27. The fourth-order valence-corrected chi connectivity index (χ4v) is 2.18. The molecule has 72 valence electrons. The molecule has 12 heavy (non-hydrogen) atoms. The number of hydrogen-bond donors (Lipinski definition) is 0. The number of hydrogen-bond acceptors (Lipinski definition) is 2. The van der Waals surface area contributed by atoms with Gasteiger partial charge in [0.05, 0.1) is 0 Å². The van der Waals surface area contributed by atoms with Crippen molar-refractivity contribution in [2.24, 2.45) is 11.8 Å². The van der Waals surface area contributed by atoms with Crippen molar-refractivity contribution < 1.29 is 9.47 Å². The molecule has 0 N–H and O–H groups in total. The van der Waals surface area contributed by atoms with Crippen molar-refractivity contribution in [3.63, 3.8) is 0 Å². The van der Waals surface area contributed by atoms with E-state index in [1.807, 2.05) is 0 Å². The standard InChI is InChI=1S/C10H20O2/c1-11-7-9-4-3-5-10(6-9)8-12-2/h9-10H,3-8H2,1-2H3/t9-,10+. The van der Waals surface area contributed by atoms with E-state index >= 15 is 0 Å². The van der Waals surface area contributed by atoms with Crippen LogP contribution < -0.4 is 0 Å². The van der Waals surface area contributed by atoms with Gasteiger partial charge >= 0.3 is 0 Å². The highest BCUT2D eigenvalue weighted by Crippen LogP contribution is 2.29. The Bertz CT molecular complexity index is 98.4. The topological polar surface area (TPSA) is 18.5 Å². The van der Waals surface area contributed by atoms with E-state index in [0.29, 0.717) is 0 Å². The molecule has 0 spiro atoms. The second kappa shape index (κ2) is 5.55. The van der Waals surface area contributed by atoms with Crippen LogP contribution in [-0.4, -0.2) is 27.4 Å². The quantitative estimate of drug-likeness (QED) is 0.646.